The predicted octanol–water partition coefficient (Wildman–Crippen LogP) is 3.76. The predicted molar refractivity (Wildman–Crippen MR) is 119 cm³/mol. The van der Waals surface area contributed by atoms with Gasteiger partial charge >= 0.3 is 0 Å². The molecule has 2 aromatic carbocycles. The molecule has 1 aliphatic rings. The highest BCUT2D eigenvalue weighted by molar-refractivity contribution is 5.94. The van der Waals surface area contributed by atoms with E-state index in [9.17, 15) is 14.9 Å². The Hall–Kier alpha value is -4.01. The van der Waals surface area contributed by atoms with Crippen LogP contribution in [0.2, 0.25) is 0 Å². The summed E-state index contributed by atoms with van der Waals surface area (Å²) in [5.74, 6) is 2.40. The highest BCUT2D eigenvalue weighted by atomic mass is 16.6. The van der Waals surface area contributed by atoms with Crippen LogP contribution in [0.4, 0.5) is 11.5 Å². The molecule has 1 aromatic heterocycles. The number of anilines is 1. The van der Waals surface area contributed by atoms with Crippen molar-refractivity contribution in [2.75, 3.05) is 31.1 Å². The first-order valence-corrected chi connectivity index (χ1v) is 10.3. The second-order valence-electron chi connectivity index (χ2n) is 7.61. The molecule has 9 heteroatoms. The molecule has 4 rings (SSSR count). The zero-order valence-electron chi connectivity index (χ0n) is 17.9. The van der Waals surface area contributed by atoms with Crippen molar-refractivity contribution in [2.24, 2.45) is 0 Å². The molecule has 0 radical (unpaired) electrons. The quantitative estimate of drug-likeness (QED) is 0.446. The maximum absolute atomic E-state index is 12.8. The standard InChI is InChI=1S/C23H23N5O4/c1-16-3-9-20(10-4-16)32-22-15-21(24-17(2)25-22)26-11-13-27(14-12-26)23(29)18-5-7-19(8-6-18)28(30)31/h3-10,15H,11-14H2,1-2H3. The lowest BCUT2D eigenvalue weighted by atomic mass is 10.1. The molecule has 1 amide bonds. The number of carbonyl (C=O) groups is 1. The summed E-state index contributed by atoms with van der Waals surface area (Å²) < 4.78 is 5.90. The van der Waals surface area contributed by atoms with Crippen molar-refractivity contribution in [2.45, 2.75) is 13.8 Å². The zero-order valence-corrected chi connectivity index (χ0v) is 17.9. The van der Waals surface area contributed by atoms with E-state index >= 15 is 0 Å². The number of carbonyl (C=O) groups excluding carboxylic acids is 1. The van der Waals surface area contributed by atoms with E-state index in [4.69, 9.17) is 4.74 Å². The molecule has 2 heterocycles. The van der Waals surface area contributed by atoms with Crippen molar-refractivity contribution >= 4 is 17.4 Å². The molecule has 0 atom stereocenters. The summed E-state index contributed by atoms with van der Waals surface area (Å²) in [6, 6.07) is 15.2. The number of nitrogens with zero attached hydrogens (tertiary/aromatic N) is 5. The van der Waals surface area contributed by atoms with E-state index in [1.54, 1.807) is 11.0 Å². The summed E-state index contributed by atoms with van der Waals surface area (Å²) >= 11 is 0. The van der Waals surface area contributed by atoms with Crippen LogP contribution in [0.3, 0.4) is 0 Å². The molecule has 0 aliphatic carbocycles. The van der Waals surface area contributed by atoms with Gasteiger partial charge in [-0.05, 0) is 38.1 Å². The summed E-state index contributed by atoms with van der Waals surface area (Å²) in [7, 11) is 0. The van der Waals surface area contributed by atoms with Crippen molar-refractivity contribution < 1.29 is 14.5 Å². The Kier molecular flexibility index (Phi) is 5.98. The van der Waals surface area contributed by atoms with Crippen LogP contribution in [0.5, 0.6) is 11.6 Å². The average molecular weight is 433 g/mol. The second-order valence-corrected chi connectivity index (χ2v) is 7.61. The molecule has 9 nitrogen and oxygen atoms in total. The lowest BCUT2D eigenvalue weighted by molar-refractivity contribution is -0.384. The lowest BCUT2D eigenvalue weighted by Gasteiger charge is -2.35. The first kappa shape index (κ1) is 21.2. The molecular weight excluding hydrogens is 410 g/mol. The summed E-state index contributed by atoms with van der Waals surface area (Å²) in [5.41, 5.74) is 1.56. The third kappa shape index (κ3) is 4.83. The largest absolute Gasteiger partial charge is 0.439 e. The van der Waals surface area contributed by atoms with E-state index < -0.39 is 4.92 Å². The van der Waals surface area contributed by atoms with Crippen molar-refractivity contribution in [1.29, 1.82) is 0 Å². The van der Waals surface area contributed by atoms with Gasteiger partial charge in [0.2, 0.25) is 5.88 Å². The van der Waals surface area contributed by atoms with E-state index in [0.717, 1.165) is 11.4 Å². The highest BCUT2D eigenvalue weighted by Gasteiger charge is 2.24. The third-order valence-corrected chi connectivity index (χ3v) is 5.26. The van der Waals surface area contributed by atoms with Crippen LogP contribution in [-0.2, 0) is 0 Å². The second kappa shape index (κ2) is 9.01. The Morgan fingerprint density at radius 1 is 0.969 bits per heavy atom. The van der Waals surface area contributed by atoms with Gasteiger partial charge in [0.1, 0.15) is 17.4 Å². The topological polar surface area (TPSA) is 102 Å². The summed E-state index contributed by atoms with van der Waals surface area (Å²) in [5, 5.41) is 10.8. The van der Waals surface area contributed by atoms with Crippen LogP contribution in [-0.4, -0.2) is 51.9 Å². The lowest BCUT2D eigenvalue weighted by Crippen LogP contribution is -2.49. The molecule has 0 N–H and O–H groups in total. The fraction of sp³-hybridized carbons (Fsp3) is 0.261. The molecule has 1 aliphatic heterocycles. The van der Waals surface area contributed by atoms with Gasteiger partial charge in [0.15, 0.2) is 0 Å². The number of rotatable bonds is 5. The number of benzene rings is 2. The zero-order chi connectivity index (χ0) is 22.7. The van der Waals surface area contributed by atoms with E-state index in [-0.39, 0.29) is 11.6 Å². The normalized spacial score (nSPS) is 13.7. The van der Waals surface area contributed by atoms with Gasteiger partial charge in [0, 0.05) is 49.9 Å². The number of nitro groups is 1. The number of non-ortho nitro benzene ring substituents is 1. The molecule has 164 valence electrons. The smallest absolute Gasteiger partial charge is 0.269 e. The summed E-state index contributed by atoms with van der Waals surface area (Å²) in [6.07, 6.45) is 0. The molecule has 1 fully saturated rings. The van der Waals surface area contributed by atoms with E-state index in [2.05, 4.69) is 14.9 Å². The molecule has 0 bridgehead atoms. The Morgan fingerprint density at radius 2 is 1.62 bits per heavy atom. The number of amides is 1. The van der Waals surface area contributed by atoms with Gasteiger partial charge < -0.3 is 14.5 Å². The minimum atomic E-state index is -0.479. The van der Waals surface area contributed by atoms with Crippen LogP contribution >= 0.6 is 0 Å². The van der Waals surface area contributed by atoms with Crippen LogP contribution in [0.15, 0.2) is 54.6 Å². The number of hydrogen-bond donors (Lipinski definition) is 0. The maximum atomic E-state index is 12.8. The number of aromatic nitrogens is 2. The highest BCUT2D eigenvalue weighted by Crippen LogP contribution is 2.24. The van der Waals surface area contributed by atoms with Gasteiger partial charge in [-0.3, -0.25) is 14.9 Å². The van der Waals surface area contributed by atoms with Crippen LogP contribution in [0.25, 0.3) is 0 Å². The number of ether oxygens (including phenoxy) is 1. The summed E-state index contributed by atoms with van der Waals surface area (Å²) in [4.78, 5) is 35.8. The van der Waals surface area contributed by atoms with Crippen molar-refractivity contribution in [3.05, 3.63) is 81.7 Å². The molecular formula is C23H23N5O4. The number of piperazine rings is 1. The SMILES string of the molecule is Cc1ccc(Oc2cc(N3CCN(C(=O)c4ccc([N+](=O)[O-])cc4)CC3)nc(C)n2)cc1. The Bertz CT molecular complexity index is 1120. The first-order valence-electron chi connectivity index (χ1n) is 10.3. The monoisotopic (exact) mass is 433 g/mol. The van der Waals surface area contributed by atoms with Gasteiger partial charge in [-0.1, -0.05) is 17.7 Å². The van der Waals surface area contributed by atoms with Gasteiger partial charge in [0.25, 0.3) is 11.6 Å². The van der Waals surface area contributed by atoms with Crippen LogP contribution in [0.1, 0.15) is 21.7 Å². The fourth-order valence-electron chi connectivity index (χ4n) is 3.51. The molecule has 3 aromatic rings. The average Bonchev–Trinajstić information content (AvgIpc) is 2.80. The minimum absolute atomic E-state index is 0.0332. The molecule has 0 spiro atoms. The van der Waals surface area contributed by atoms with E-state index in [1.165, 1.54) is 24.3 Å². The first-order chi connectivity index (χ1) is 15.4. The molecule has 32 heavy (non-hydrogen) atoms. The van der Waals surface area contributed by atoms with Gasteiger partial charge in [-0.25, -0.2) is 4.98 Å². The van der Waals surface area contributed by atoms with Gasteiger partial charge in [0.05, 0.1) is 4.92 Å². The van der Waals surface area contributed by atoms with Crippen molar-refractivity contribution in [3.8, 4) is 11.6 Å². The Morgan fingerprint density at radius 3 is 2.25 bits per heavy atom. The van der Waals surface area contributed by atoms with Crippen LogP contribution in [0, 0.1) is 24.0 Å². The number of nitro benzene ring substituents is 1. The van der Waals surface area contributed by atoms with Gasteiger partial charge in [-0.15, -0.1) is 0 Å². The van der Waals surface area contributed by atoms with Crippen LogP contribution < -0.4 is 9.64 Å². The molecule has 1 saturated heterocycles. The van der Waals surface area contributed by atoms with Crippen molar-refractivity contribution in [1.82, 2.24) is 14.9 Å². The van der Waals surface area contributed by atoms with Gasteiger partial charge in [-0.2, -0.15) is 4.98 Å². The maximum Gasteiger partial charge on any atom is 0.269 e. The summed E-state index contributed by atoms with van der Waals surface area (Å²) in [6.45, 7) is 6.10. The fourth-order valence-corrected chi connectivity index (χ4v) is 3.51. The number of hydrogen-bond acceptors (Lipinski definition) is 7. The van der Waals surface area contributed by atoms with E-state index in [1.807, 2.05) is 38.1 Å². The number of aryl methyl sites for hydroxylation is 2. The van der Waals surface area contributed by atoms with Crippen molar-refractivity contribution in [3.63, 3.8) is 0 Å². The Labute approximate surface area is 185 Å². The molecule has 0 unspecified atom stereocenters. The molecule has 0 saturated carbocycles. The third-order valence-electron chi connectivity index (χ3n) is 5.26. The van der Waals surface area contributed by atoms with E-state index in [0.29, 0.717) is 49.2 Å². The minimum Gasteiger partial charge on any atom is -0.439 e. The Balaban J connectivity index is 1.41.